The summed E-state index contributed by atoms with van der Waals surface area (Å²) in [5.41, 5.74) is -0.510. The third-order valence-corrected chi connectivity index (χ3v) is 2.66. The molecular weight excluding hydrogens is 143 g/mol. The van der Waals surface area contributed by atoms with Crippen molar-refractivity contribution in [3.8, 4) is 0 Å². The van der Waals surface area contributed by atoms with E-state index in [9.17, 15) is 5.11 Å². The van der Waals surface area contributed by atoms with Crippen LogP contribution in [0.4, 0.5) is 0 Å². The fraction of sp³-hybridized carbons (Fsp3) is 1.00. The number of aliphatic hydroxyl groups is 1. The highest BCUT2D eigenvalue weighted by atomic mass is 16.6. The molecule has 4 heteroatoms. The lowest BCUT2D eigenvalue weighted by molar-refractivity contribution is -0.118. The SMILES string of the molecule is [B][C@@H]1O[C@@]2(CC)CO[C@@H]1[C@@H]2O. The summed E-state index contributed by atoms with van der Waals surface area (Å²) >= 11 is 0. The van der Waals surface area contributed by atoms with Gasteiger partial charge in [-0.25, -0.2) is 0 Å². The van der Waals surface area contributed by atoms with Crippen molar-refractivity contribution in [1.29, 1.82) is 0 Å². The Kier molecular flexibility index (Phi) is 1.53. The van der Waals surface area contributed by atoms with E-state index in [0.717, 1.165) is 6.42 Å². The van der Waals surface area contributed by atoms with E-state index < -0.39 is 17.7 Å². The van der Waals surface area contributed by atoms with Crippen LogP contribution < -0.4 is 0 Å². The molecule has 0 aromatic rings. The summed E-state index contributed by atoms with van der Waals surface area (Å²) in [6, 6.07) is -0.446. The molecule has 3 nitrogen and oxygen atoms in total. The first kappa shape index (κ1) is 7.59. The van der Waals surface area contributed by atoms with Crippen LogP contribution in [0, 0.1) is 0 Å². The van der Waals surface area contributed by atoms with E-state index in [1.54, 1.807) is 0 Å². The van der Waals surface area contributed by atoms with Crippen molar-refractivity contribution in [2.45, 2.75) is 37.2 Å². The summed E-state index contributed by atoms with van der Waals surface area (Å²) in [5, 5.41) is 9.62. The van der Waals surface area contributed by atoms with Gasteiger partial charge in [-0.1, -0.05) is 6.92 Å². The number of rotatable bonds is 1. The smallest absolute Gasteiger partial charge is 0.119 e. The quantitative estimate of drug-likeness (QED) is 0.513. The Balaban J connectivity index is 2.24. The van der Waals surface area contributed by atoms with Gasteiger partial charge in [0.1, 0.15) is 25.7 Å². The maximum atomic E-state index is 9.62. The number of aliphatic hydroxyl groups excluding tert-OH is 1. The van der Waals surface area contributed by atoms with E-state index in [0.29, 0.717) is 6.61 Å². The molecule has 60 valence electrons. The summed E-state index contributed by atoms with van der Waals surface area (Å²) < 4.78 is 10.7. The second kappa shape index (κ2) is 2.22. The number of fused-ring (bicyclic) bond motifs is 2. The molecule has 0 aromatic carbocycles. The molecule has 0 unspecified atom stereocenters. The van der Waals surface area contributed by atoms with Crippen LogP contribution in [0.5, 0.6) is 0 Å². The third kappa shape index (κ3) is 0.804. The Morgan fingerprint density at radius 2 is 2.45 bits per heavy atom. The van der Waals surface area contributed by atoms with Crippen LogP contribution in [0.2, 0.25) is 0 Å². The minimum Gasteiger partial charge on any atom is -0.387 e. The first-order chi connectivity index (χ1) is 5.19. The monoisotopic (exact) mass is 154 g/mol. The summed E-state index contributed by atoms with van der Waals surface area (Å²) in [4.78, 5) is 0. The molecule has 2 bridgehead atoms. The second-order valence-corrected chi connectivity index (χ2v) is 3.22. The molecule has 2 aliphatic rings. The van der Waals surface area contributed by atoms with Gasteiger partial charge in [0.15, 0.2) is 0 Å². The van der Waals surface area contributed by atoms with E-state index >= 15 is 0 Å². The Bertz CT molecular complexity index is 175. The van der Waals surface area contributed by atoms with Crippen LogP contribution in [-0.2, 0) is 9.47 Å². The molecule has 11 heavy (non-hydrogen) atoms. The molecule has 2 aliphatic heterocycles. The molecule has 0 aliphatic carbocycles. The molecule has 2 radical (unpaired) electrons. The topological polar surface area (TPSA) is 38.7 Å². The van der Waals surface area contributed by atoms with Crippen LogP contribution in [0.15, 0.2) is 0 Å². The van der Waals surface area contributed by atoms with Crippen LogP contribution in [0.1, 0.15) is 13.3 Å². The van der Waals surface area contributed by atoms with Crippen molar-refractivity contribution in [3.05, 3.63) is 0 Å². The third-order valence-electron chi connectivity index (χ3n) is 2.66. The average molecular weight is 154 g/mol. The predicted octanol–water partition coefficient (Wildman–Crippen LogP) is -0.580. The van der Waals surface area contributed by atoms with Crippen LogP contribution in [0.3, 0.4) is 0 Å². The molecule has 1 N–H and O–H groups in total. The highest BCUT2D eigenvalue weighted by molar-refractivity contribution is 6.11. The van der Waals surface area contributed by atoms with E-state index in [1.165, 1.54) is 0 Å². The van der Waals surface area contributed by atoms with E-state index in [-0.39, 0.29) is 6.10 Å². The van der Waals surface area contributed by atoms with Crippen molar-refractivity contribution >= 4 is 7.85 Å². The Morgan fingerprint density at radius 3 is 2.73 bits per heavy atom. The van der Waals surface area contributed by atoms with Crippen molar-refractivity contribution in [3.63, 3.8) is 0 Å². The van der Waals surface area contributed by atoms with E-state index in [1.807, 2.05) is 6.92 Å². The summed E-state index contributed by atoms with van der Waals surface area (Å²) in [6.07, 6.45) is -0.101. The van der Waals surface area contributed by atoms with Crippen LogP contribution in [-0.4, -0.2) is 43.4 Å². The average Bonchev–Trinajstić information content (AvgIpc) is 2.42. The van der Waals surface area contributed by atoms with Crippen LogP contribution >= 0.6 is 0 Å². The predicted molar refractivity (Wildman–Crippen MR) is 39.4 cm³/mol. The van der Waals surface area contributed by atoms with Gasteiger partial charge in [0, 0.05) is 6.00 Å². The van der Waals surface area contributed by atoms with Gasteiger partial charge in [0.2, 0.25) is 0 Å². The first-order valence-electron chi connectivity index (χ1n) is 3.93. The molecule has 2 saturated heterocycles. The fourth-order valence-electron chi connectivity index (χ4n) is 1.82. The van der Waals surface area contributed by atoms with E-state index in [4.69, 9.17) is 17.3 Å². The normalized spacial score (nSPS) is 55.3. The van der Waals surface area contributed by atoms with E-state index in [2.05, 4.69) is 0 Å². The summed E-state index contributed by atoms with van der Waals surface area (Å²) in [7, 11) is 5.56. The second-order valence-electron chi connectivity index (χ2n) is 3.22. The minimum absolute atomic E-state index is 0.310. The molecular formula is C7H11BO3. The Morgan fingerprint density at radius 1 is 1.73 bits per heavy atom. The lowest BCUT2D eigenvalue weighted by atomic mass is 9.91. The fourth-order valence-corrected chi connectivity index (χ4v) is 1.82. The van der Waals surface area contributed by atoms with Gasteiger partial charge in [-0.05, 0) is 6.42 Å². The molecule has 0 saturated carbocycles. The summed E-state index contributed by atoms with van der Waals surface area (Å²) in [6.45, 7) is 2.44. The lowest BCUT2D eigenvalue weighted by Gasteiger charge is -2.28. The number of hydrogen-bond acceptors (Lipinski definition) is 3. The van der Waals surface area contributed by atoms with Gasteiger partial charge >= 0.3 is 0 Å². The largest absolute Gasteiger partial charge is 0.387 e. The van der Waals surface area contributed by atoms with Crippen molar-refractivity contribution in [1.82, 2.24) is 0 Å². The maximum Gasteiger partial charge on any atom is 0.119 e. The van der Waals surface area contributed by atoms with Gasteiger partial charge in [-0.2, -0.15) is 0 Å². The standard InChI is InChI=1S/C7H11BO3/c1-2-7-3-10-4(5(7)9)6(8)11-7/h4-6,9H,2-3H2,1H3/t4-,5+,6-,7+/m1/s1. The summed E-state index contributed by atoms with van der Waals surface area (Å²) in [5.74, 6) is 0. The lowest BCUT2D eigenvalue weighted by Crippen LogP contribution is -2.39. The zero-order chi connectivity index (χ0) is 8.06. The molecule has 0 spiro atoms. The Labute approximate surface area is 67.1 Å². The van der Waals surface area contributed by atoms with Crippen LogP contribution in [0.25, 0.3) is 0 Å². The Hall–Kier alpha value is -0.0551. The number of hydrogen-bond donors (Lipinski definition) is 1. The minimum atomic E-state index is -0.539. The zero-order valence-electron chi connectivity index (χ0n) is 6.49. The molecule has 2 heterocycles. The molecule has 0 aromatic heterocycles. The van der Waals surface area contributed by atoms with Gasteiger partial charge in [-0.3, -0.25) is 0 Å². The highest BCUT2D eigenvalue weighted by Gasteiger charge is 2.57. The van der Waals surface area contributed by atoms with Crippen molar-refractivity contribution in [2.24, 2.45) is 0 Å². The van der Waals surface area contributed by atoms with Gasteiger partial charge in [0.25, 0.3) is 0 Å². The molecule has 4 atom stereocenters. The van der Waals surface area contributed by atoms with Crippen molar-refractivity contribution < 1.29 is 14.6 Å². The van der Waals surface area contributed by atoms with Gasteiger partial charge in [0.05, 0.1) is 6.61 Å². The molecule has 0 amide bonds. The first-order valence-corrected chi connectivity index (χ1v) is 3.93. The van der Waals surface area contributed by atoms with Crippen molar-refractivity contribution in [2.75, 3.05) is 6.61 Å². The molecule has 2 fully saturated rings. The molecule has 2 rings (SSSR count). The maximum absolute atomic E-state index is 9.62. The van der Waals surface area contributed by atoms with Gasteiger partial charge in [-0.15, -0.1) is 0 Å². The van der Waals surface area contributed by atoms with Gasteiger partial charge < -0.3 is 14.6 Å². The highest BCUT2D eigenvalue weighted by Crippen LogP contribution is 2.40. The number of ether oxygens (including phenoxy) is 2. The zero-order valence-corrected chi connectivity index (χ0v) is 6.49.